The van der Waals surface area contributed by atoms with Crippen LogP contribution in [-0.2, 0) is 9.59 Å². The Labute approximate surface area is 155 Å². The van der Waals surface area contributed by atoms with Gasteiger partial charge in [-0.1, -0.05) is 19.1 Å². The average Bonchev–Trinajstić information content (AvgIpc) is 3.05. The number of hydrogen-bond donors (Lipinski definition) is 1. The Morgan fingerprint density at radius 1 is 1.19 bits per heavy atom. The summed E-state index contributed by atoms with van der Waals surface area (Å²) < 4.78 is 0. The number of hydrogen-bond acceptors (Lipinski definition) is 3. The first kappa shape index (κ1) is 16.9. The summed E-state index contributed by atoms with van der Waals surface area (Å²) in [7, 11) is 0. The molecule has 0 aromatic carbocycles. The smallest absolute Gasteiger partial charge is 0.167 e. The molecule has 5 rings (SSSR count). The highest BCUT2D eigenvalue weighted by Crippen LogP contribution is 2.80. The first-order valence-electron chi connectivity index (χ1n) is 10.5. The lowest BCUT2D eigenvalue weighted by Crippen LogP contribution is -2.54. The van der Waals surface area contributed by atoms with Crippen molar-refractivity contribution >= 4 is 11.6 Å². The van der Waals surface area contributed by atoms with Gasteiger partial charge in [-0.25, -0.2) is 0 Å². The van der Waals surface area contributed by atoms with Crippen molar-refractivity contribution in [1.29, 1.82) is 0 Å². The fourth-order valence-electron chi connectivity index (χ4n) is 8.31. The summed E-state index contributed by atoms with van der Waals surface area (Å²) in [6.07, 6.45) is 13.8. The zero-order chi connectivity index (χ0) is 18.3. The third-order valence-electron chi connectivity index (χ3n) is 9.55. The van der Waals surface area contributed by atoms with Crippen LogP contribution >= 0.6 is 0 Å². The van der Waals surface area contributed by atoms with Crippen molar-refractivity contribution < 1.29 is 14.7 Å². The highest BCUT2D eigenvalue weighted by Gasteiger charge is 2.75. The second-order valence-electron chi connectivity index (χ2n) is 9.95. The van der Waals surface area contributed by atoms with Gasteiger partial charge in [0.15, 0.2) is 11.6 Å². The van der Waals surface area contributed by atoms with Gasteiger partial charge in [0, 0.05) is 11.8 Å². The molecule has 1 N–H and O–H groups in total. The van der Waals surface area contributed by atoms with Gasteiger partial charge in [-0.3, -0.25) is 9.59 Å². The number of ketones is 2. The van der Waals surface area contributed by atoms with E-state index in [-0.39, 0.29) is 27.8 Å². The van der Waals surface area contributed by atoms with E-state index >= 15 is 0 Å². The summed E-state index contributed by atoms with van der Waals surface area (Å²) in [5.41, 5.74) is 1.18. The molecule has 26 heavy (non-hydrogen) atoms. The molecule has 5 aliphatic rings. The van der Waals surface area contributed by atoms with Crippen molar-refractivity contribution in [3.63, 3.8) is 0 Å². The van der Waals surface area contributed by atoms with Crippen molar-refractivity contribution in [3.05, 3.63) is 23.8 Å². The van der Waals surface area contributed by atoms with Gasteiger partial charge in [0.2, 0.25) is 0 Å². The summed E-state index contributed by atoms with van der Waals surface area (Å²) in [6, 6.07) is 0. The highest BCUT2D eigenvalue weighted by molar-refractivity contribution is 5.92. The van der Waals surface area contributed by atoms with E-state index in [0.29, 0.717) is 24.2 Å². The first-order valence-corrected chi connectivity index (χ1v) is 10.5. The van der Waals surface area contributed by atoms with Crippen LogP contribution in [0.25, 0.3) is 0 Å². The molecule has 3 saturated carbocycles. The molecule has 140 valence electrons. The van der Waals surface area contributed by atoms with E-state index in [1.807, 2.05) is 6.08 Å². The molecule has 0 saturated heterocycles. The van der Waals surface area contributed by atoms with Crippen molar-refractivity contribution in [2.45, 2.75) is 71.3 Å². The van der Waals surface area contributed by atoms with Gasteiger partial charge in [-0.2, -0.15) is 0 Å². The largest absolute Gasteiger partial charge is 0.386 e. The number of carbonyl (C=O) groups is 2. The zero-order valence-corrected chi connectivity index (χ0v) is 16.0. The fourth-order valence-corrected chi connectivity index (χ4v) is 8.31. The molecule has 0 aliphatic heterocycles. The minimum absolute atomic E-state index is 0.0191. The van der Waals surface area contributed by atoms with E-state index in [0.717, 1.165) is 44.9 Å². The van der Waals surface area contributed by atoms with Crippen LogP contribution in [0.5, 0.6) is 0 Å². The third kappa shape index (κ3) is 1.74. The van der Waals surface area contributed by atoms with Crippen LogP contribution < -0.4 is 0 Å². The summed E-state index contributed by atoms with van der Waals surface area (Å²) >= 11 is 0. The van der Waals surface area contributed by atoms with Gasteiger partial charge in [-0.15, -0.1) is 0 Å². The monoisotopic (exact) mass is 354 g/mol. The second kappa shape index (κ2) is 5.19. The lowest BCUT2D eigenvalue weighted by atomic mass is 9.46. The zero-order valence-electron chi connectivity index (χ0n) is 16.0. The summed E-state index contributed by atoms with van der Waals surface area (Å²) in [4.78, 5) is 24.9. The SMILES string of the molecule is C[C@@H](O)C(=O)C12CCC3(CC1)[C@@H]1C=CC4=CC(=O)CC[C@@H]4[C@H]1CC[C@]23C. The molecule has 2 bridgehead atoms. The molecular formula is C23H30O3. The number of fused-ring (bicyclic) bond motifs is 3. The first-order chi connectivity index (χ1) is 12.3. The Morgan fingerprint density at radius 2 is 1.92 bits per heavy atom. The molecule has 0 amide bonds. The Hall–Kier alpha value is -1.22. The minimum Gasteiger partial charge on any atom is -0.386 e. The molecule has 5 aliphatic carbocycles. The van der Waals surface area contributed by atoms with Gasteiger partial charge in [0.05, 0.1) is 0 Å². The third-order valence-corrected chi connectivity index (χ3v) is 9.55. The second-order valence-corrected chi connectivity index (χ2v) is 9.95. The van der Waals surface area contributed by atoms with E-state index in [4.69, 9.17) is 0 Å². The maximum Gasteiger partial charge on any atom is 0.167 e. The van der Waals surface area contributed by atoms with Crippen molar-refractivity contribution in [1.82, 2.24) is 0 Å². The van der Waals surface area contributed by atoms with E-state index < -0.39 is 6.10 Å². The Kier molecular flexibility index (Phi) is 3.37. The molecule has 0 radical (unpaired) electrons. The standard InChI is InChI=1S/C23H30O3/c1-14(24)20(26)23-11-9-22(10-12-23)19-6-3-15-13-16(25)4-5-17(15)18(19)7-8-21(22,23)2/h3,6,13-14,17-19,24H,4-5,7-12H2,1-2H3/t14-,17+,18-,19-,21+,22?,23?/m1/s1. The van der Waals surface area contributed by atoms with Crippen LogP contribution in [0.15, 0.2) is 23.8 Å². The number of carbonyl (C=O) groups excluding carboxylic acids is 2. The quantitative estimate of drug-likeness (QED) is 0.815. The van der Waals surface area contributed by atoms with Gasteiger partial charge in [-0.05, 0) is 92.1 Å². The average molecular weight is 354 g/mol. The normalized spacial score (nSPS) is 49.9. The lowest BCUT2D eigenvalue weighted by molar-refractivity contribution is -0.146. The van der Waals surface area contributed by atoms with Crippen molar-refractivity contribution in [2.75, 3.05) is 0 Å². The van der Waals surface area contributed by atoms with E-state index in [9.17, 15) is 14.7 Å². The highest BCUT2D eigenvalue weighted by atomic mass is 16.3. The van der Waals surface area contributed by atoms with Crippen LogP contribution in [0.4, 0.5) is 0 Å². The summed E-state index contributed by atoms with van der Waals surface area (Å²) in [6.45, 7) is 4.02. The molecule has 0 unspecified atom stereocenters. The molecular weight excluding hydrogens is 324 g/mol. The fraction of sp³-hybridized carbons (Fsp3) is 0.739. The number of aliphatic hydroxyl groups excluding tert-OH is 1. The maximum atomic E-state index is 13.1. The number of aliphatic hydroxyl groups is 1. The van der Waals surface area contributed by atoms with E-state index in [1.165, 1.54) is 5.57 Å². The predicted octanol–water partition coefficient (Wildman–Crippen LogP) is 4.00. The van der Waals surface area contributed by atoms with E-state index in [1.54, 1.807) is 6.92 Å². The van der Waals surface area contributed by atoms with Gasteiger partial charge >= 0.3 is 0 Å². The Balaban J connectivity index is 1.58. The number of allylic oxidation sites excluding steroid dienone is 4. The topological polar surface area (TPSA) is 54.4 Å². The molecule has 5 atom stereocenters. The number of Topliss-reactive ketones (excluding diaryl/α,β-unsaturated/α-hetero) is 1. The van der Waals surface area contributed by atoms with Crippen LogP contribution in [0.2, 0.25) is 0 Å². The van der Waals surface area contributed by atoms with Gasteiger partial charge < -0.3 is 5.11 Å². The Bertz CT molecular complexity index is 735. The maximum absolute atomic E-state index is 13.1. The Morgan fingerprint density at radius 3 is 2.62 bits per heavy atom. The van der Waals surface area contributed by atoms with Crippen LogP contribution in [0, 0.1) is 34.0 Å². The molecule has 0 heterocycles. The molecule has 3 fully saturated rings. The summed E-state index contributed by atoms with van der Waals surface area (Å²) in [5, 5.41) is 10.1. The molecule has 0 spiro atoms. The van der Waals surface area contributed by atoms with Crippen molar-refractivity contribution in [3.8, 4) is 0 Å². The molecule has 0 aromatic rings. The lowest BCUT2D eigenvalue weighted by Gasteiger charge is -2.58. The van der Waals surface area contributed by atoms with E-state index in [2.05, 4.69) is 19.1 Å². The van der Waals surface area contributed by atoms with Gasteiger partial charge in [0.25, 0.3) is 0 Å². The van der Waals surface area contributed by atoms with Gasteiger partial charge in [0.1, 0.15) is 6.10 Å². The number of rotatable bonds is 2. The van der Waals surface area contributed by atoms with Crippen molar-refractivity contribution in [2.24, 2.45) is 34.0 Å². The molecule has 0 aromatic heterocycles. The molecule has 3 nitrogen and oxygen atoms in total. The summed E-state index contributed by atoms with van der Waals surface area (Å²) in [5.74, 6) is 2.07. The molecule has 3 heteroatoms. The predicted molar refractivity (Wildman–Crippen MR) is 99.3 cm³/mol. The minimum atomic E-state index is -0.848. The van der Waals surface area contributed by atoms with Crippen LogP contribution in [0.1, 0.15) is 65.2 Å². The van der Waals surface area contributed by atoms with Crippen LogP contribution in [0.3, 0.4) is 0 Å². The van der Waals surface area contributed by atoms with Crippen LogP contribution in [-0.4, -0.2) is 22.8 Å².